The third-order valence-electron chi connectivity index (χ3n) is 3.58. The maximum Gasteiger partial charge on any atom is 0.329 e. The first-order chi connectivity index (χ1) is 11.5. The number of hydrogen-bond donors (Lipinski definition) is 1. The number of aromatic amines is 1. The van der Waals surface area contributed by atoms with Crippen molar-refractivity contribution in [1.82, 2.24) is 19.1 Å². The number of H-pyrrole nitrogens is 1. The number of carbonyl (C=O) groups excluding carboxylic acids is 1. The van der Waals surface area contributed by atoms with Gasteiger partial charge in [0.2, 0.25) is 0 Å². The molecule has 0 radical (unpaired) electrons. The van der Waals surface area contributed by atoms with Crippen molar-refractivity contribution in [2.75, 3.05) is 12.4 Å². The molecule has 0 fully saturated rings. The van der Waals surface area contributed by atoms with Gasteiger partial charge in [-0.1, -0.05) is 31.5 Å². The van der Waals surface area contributed by atoms with E-state index < -0.39 is 11.2 Å². The predicted molar refractivity (Wildman–Crippen MR) is 92.5 cm³/mol. The van der Waals surface area contributed by atoms with Gasteiger partial charge in [0.25, 0.3) is 5.56 Å². The Morgan fingerprint density at radius 1 is 1.29 bits per heavy atom. The van der Waals surface area contributed by atoms with Crippen LogP contribution in [0.3, 0.4) is 0 Å². The van der Waals surface area contributed by atoms with Gasteiger partial charge in [0.15, 0.2) is 16.3 Å². The minimum atomic E-state index is -0.507. The number of thioether (sulfide) groups is 1. The first-order valence-electron chi connectivity index (χ1n) is 7.97. The highest BCUT2D eigenvalue weighted by Gasteiger charge is 2.18. The van der Waals surface area contributed by atoms with Gasteiger partial charge in [-0.05, 0) is 13.3 Å². The number of aromatic nitrogens is 4. The number of nitrogens with zero attached hydrogens (tertiary/aromatic N) is 3. The minimum Gasteiger partial charge on any atom is -0.465 e. The number of esters is 1. The van der Waals surface area contributed by atoms with Crippen LogP contribution in [-0.2, 0) is 23.1 Å². The molecule has 0 saturated heterocycles. The van der Waals surface area contributed by atoms with Crippen molar-refractivity contribution in [3.8, 4) is 0 Å². The van der Waals surface area contributed by atoms with Gasteiger partial charge in [0.1, 0.15) is 0 Å². The Hall–Kier alpha value is -2.03. The molecule has 2 heterocycles. The van der Waals surface area contributed by atoms with Crippen LogP contribution < -0.4 is 11.2 Å². The standard InChI is InChI=1S/C15H22N4O4S/c1-4-6-7-8-19-11-12(18(3)14(22)17-13(11)21)16-15(19)24-9-10(20)23-5-2/h4-9H2,1-3H3,(H,17,21,22). The molecule has 132 valence electrons. The second kappa shape index (κ2) is 8.18. The number of nitrogens with one attached hydrogen (secondary N) is 1. The Morgan fingerprint density at radius 3 is 2.71 bits per heavy atom. The molecule has 0 unspecified atom stereocenters. The zero-order valence-corrected chi connectivity index (χ0v) is 14.9. The summed E-state index contributed by atoms with van der Waals surface area (Å²) in [4.78, 5) is 42.3. The summed E-state index contributed by atoms with van der Waals surface area (Å²) in [7, 11) is 1.56. The lowest BCUT2D eigenvalue weighted by molar-refractivity contribution is -0.139. The number of aryl methyl sites for hydroxylation is 2. The Labute approximate surface area is 143 Å². The Morgan fingerprint density at radius 2 is 2.04 bits per heavy atom. The maximum absolute atomic E-state index is 12.2. The van der Waals surface area contributed by atoms with E-state index in [0.29, 0.717) is 29.5 Å². The molecule has 2 aromatic rings. The summed E-state index contributed by atoms with van der Waals surface area (Å²) in [5, 5.41) is 0.542. The fraction of sp³-hybridized carbons (Fsp3) is 0.600. The molecule has 0 atom stereocenters. The number of imidazole rings is 1. The molecule has 0 aliphatic heterocycles. The summed E-state index contributed by atoms with van der Waals surface area (Å²) in [6.07, 6.45) is 2.95. The van der Waals surface area contributed by atoms with Gasteiger partial charge < -0.3 is 9.30 Å². The third-order valence-corrected chi connectivity index (χ3v) is 4.53. The average Bonchev–Trinajstić information content (AvgIpc) is 2.91. The highest BCUT2D eigenvalue weighted by molar-refractivity contribution is 7.99. The van der Waals surface area contributed by atoms with Crippen LogP contribution in [0.1, 0.15) is 33.1 Å². The van der Waals surface area contributed by atoms with E-state index in [4.69, 9.17) is 4.74 Å². The minimum absolute atomic E-state index is 0.108. The van der Waals surface area contributed by atoms with Crippen LogP contribution >= 0.6 is 11.8 Å². The van der Waals surface area contributed by atoms with Crippen molar-refractivity contribution in [1.29, 1.82) is 0 Å². The molecule has 1 N–H and O–H groups in total. The summed E-state index contributed by atoms with van der Waals surface area (Å²) < 4.78 is 8.01. The molecular formula is C15H22N4O4S. The van der Waals surface area contributed by atoms with E-state index in [0.717, 1.165) is 19.3 Å². The maximum atomic E-state index is 12.2. The molecular weight excluding hydrogens is 332 g/mol. The fourth-order valence-corrected chi connectivity index (χ4v) is 3.20. The van der Waals surface area contributed by atoms with Crippen molar-refractivity contribution in [3.63, 3.8) is 0 Å². The molecule has 0 aliphatic carbocycles. The first kappa shape index (κ1) is 18.3. The van der Waals surface area contributed by atoms with Gasteiger partial charge in [-0.2, -0.15) is 0 Å². The van der Waals surface area contributed by atoms with Gasteiger partial charge in [-0.25, -0.2) is 9.78 Å². The SMILES string of the molecule is CCCCCn1c(SCC(=O)OCC)nc2c1c(=O)[nH]c(=O)n2C. The van der Waals surface area contributed by atoms with Crippen molar-refractivity contribution in [2.45, 2.75) is 44.8 Å². The lowest BCUT2D eigenvalue weighted by Gasteiger charge is -2.08. The van der Waals surface area contributed by atoms with Gasteiger partial charge in [-0.15, -0.1) is 0 Å². The molecule has 2 rings (SSSR count). The van der Waals surface area contributed by atoms with E-state index in [1.54, 1.807) is 18.5 Å². The van der Waals surface area contributed by atoms with Crippen molar-refractivity contribution in [3.05, 3.63) is 20.8 Å². The second-order valence-electron chi connectivity index (χ2n) is 5.34. The Kier molecular flexibility index (Phi) is 6.24. The molecule has 0 aliphatic rings. The fourth-order valence-electron chi connectivity index (χ4n) is 2.38. The van der Waals surface area contributed by atoms with Crippen LogP contribution in [0.25, 0.3) is 11.2 Å². The van der Waals surface area contributed by atoms with Crippen LogP contribution in [0.4, 0.5) is 0 Å². The van der Waals surface area contributed by atoms with Crippen LogP contribution in [0.2, 0.25) is 0 Å². The number of rotatable bonds is 8. The van der Waals surface area contributed by atoms with Crippen LogP contribution in [0.5, 0.6) is 0 Å². The quantitative estimate of drug-likeness (QED) is 0.435. The first-order valence-corrected chi connectivity index (χ1v) is 8.96. The molecule has 0 amide bonds. The normalized spacial score (nSPS) is 11.1. The zero-order chi connectivity index (χ0) is 17.7. The molecule has 0 bridgehead atoms. The van der Waals surface area contributed by atoms with Crippen LogP contribution in [0.15, 0.2) is 14.7 Å². The number of fused-ring (bicyclic) bond motifs is 1. The number of unbranched alkanes of at least 4 members (excludes halogenated alkanes) is 2. The lowest BCUT2D eigenvalue weighted by atomic mass is 10.2. The summed E-state index contributed by atoms with van der Waals surface area (Å²) in [6, 6.07) is 0. The van der Waals surface area contributed by atoms with Gasteiger partial charge in [0.05, 0.1) is 12.4 Å². The van der Waals surface area contributed by atoms with Gasteiger partial charge in [0, 0.05) is 13.6 Å². The lowest BCUT2D eigenvalue weighted by Crippen LogP contribution is -2.29. The molecule has 9 heteroatoms. The largest absolute Gasteiger partial charge is 0.465 e. The van der Waals surface area contributed by atoms with Crippen LogP contribution in [-0.4, -0.2) is 37.4 Å². The Bertz CT molecular complexity index is 836. The highest BCUT2D eigenvalue weighted by Crippen LogP contribution is 2.22. The Balaban J connectivity index is 2.44. The van der Waals surface area contributed by atoms with Crippen molar-refractivity contribution in [2.24, 2.45) is 7.05 Å². The number of hydrogen-bond acceptors (Lipinski definition) is 6. The van der Waals surface area contributed by atoms with E-state index in [2.05, 4.69) is 16.9 Å². The van der Waals surface area contributed by atoms with Crippen molar-refractivity contribution >= 4 is 28.9 Å². The topological polar surface area (TPSA) is 99.0 Å². The molecule has 8 nitrogen and oxygen atoms in total. The summed E-state index contributed by atoms with van der Waals surface area (Å²) >= 11 is 1.21. The summed E-state index contributed by atoms with van der Waals surface area (Å²) in [6.45, 7) is 4.77. The smallest absolute Gasteiger partial charge is 0.329 e. The van der Waals surface area contributed by atoms with E-state index >= 15 is 0 Å². The molecule has 0 saturated carbocycles. The average molecular weight is 354 g/mol. The number of ether oxygens (including phenoxy) is 1. The van der Waals surface area contributed by atoms with E-state index in [9.17, 15) is 14.4 Å². The van der Waals surface area contributed by atoms with Gasteiger partial charge >= 0.3 is 11.7 Å². The monoisotopic (exact) mass is 354 g/mol. The van der Waals surface area contributed by atoms with E-state index in [-0.39, 0.29) is 11.7 Å². The van der Waals surface area contributed by atoms with Crippen LogP contribution in [0, 0.1) is 0 Å². The number of carbonyl (C=O) groups is 1. The summed E-state index contributed by atoms with van der Waals surface area (Å²) in [5.41, 5.74) is -0.279. The summed E-state index contributed by atoms with van der Waals surface area (Å²) in [5.74, 6) is -0.228. The molecule has 0 aromatic carbocycles. The highest BCUT2D eigenvalue weighted by atomic mass is 32.2. The molecule has 24 heavy (non-hydrogen) atoms. The third kappa shape index (κ3) is 3.89. The second-order valence-corrected chi connectivity index (χ2v) is 6.28. The van der Waals surface area contributed by atoms with Gasteiger partial charge in [-0.3, -0.25) is 19.1 Å². The van der Waals surface area contributed by atoms with Crippen molar-refractivity contribution < 1.29 is 9.53 Å². The predicted octanol–water partition coefficient (Wildman–Crippen LogP) is 1.27. The van der Waals surface area contributed by atoms with E-state index in [1.165, 1.54) is 16.3 Å². The zero-order valence-electron chi connectivity index (χ0n) is 14.1. The molecule has 0 spiro atoms. The van der Waals surface area contributed by atoms with E-state index in [1.807, 2.05) is 0 Å². The molecule has 2 aromatic heterocycles.